The summed E-state index contributed by atoms with van der Waals surface area (Å²) in [6.07, 6.45) is 0. The van der Waals surface area contributed by atoms with Gasteiger partial charge in [0, 0.05) is 24.1 Å². The molecule has 0 saturated carbocycles. The van der Waals surface area contributed by atoms with E-state index in [0.29, 0.717) is 0 Å². The van der Waals surface area contributed by atoms with Crippen LogP contribution in [0.1, 0.15) is 23.6 Å². The van der Waals surface area contributed by atoms with Crippen molar-refractivity contribution in [2.45, 2.75) is 26.6 Å². The lowest BCUT2D eigenvalue weighted by Gasteiger charge is -2.17. The Balaban J connectivity index is 1.95. The molecule has 2 rings (SSSR count). The van der Waals surface area contributed by atoms with E-state index in [9.17, 15) is 0 Å². The Hall–Kier alpha value is -0.200. The molecule has 1 aromatic carbocycles. The highest BCUT2D eigenvalue weighted by Gasteiger charge is 2.07. The van der Waals surface area contributed by atoms with E-state index >= 15 is 0 Å². The molecule has 0 spiro atoms. The molecule has 2 aromatic rings. The van der Waals surface area contributed by atoms with Gasteiger partial charge in [0.25, 0.3) is 0 Å². The van der Waals surface area contributed by atoms with Crippen LogP contribution >= 0.6 is 43.2 Å². The topological polar surface area (TPSA) is 15.3 Å². The molecule has 1 heterocycles. The Labute approximate surface area is 147 Å². The van der Waals surface area contributed by atoms with Crippen LogP contribution in [0.25, 0.3) is 0 Å². The van der Waals surface area contributed by atoms with Gasteiger partial charge in [0.2, 0.25) is 0 Å². The summed E-state index contributed by atoms with van der Waals surface area (Å²) in [4.78, 5) is 2.33. The van der Waals surface area contributed by atoms with E-state index in [1.165, 1.54) is 24.9 Å². The van der Waals surface area contributed by atoms with Crippen LogP contribution in [0.15, 0.2) is 37.9 Å². The lowest BCUT2D eigenvalue weighted by Crippen LogP contribution is -2.17. The van der Waals surface area contributed by atoms with Crippen molar-refractivity contribution in [1.29, 1.82) is 0 Å². The normalized spacial score (nSPS) is 11.3. The quantitative estimate of drug-likeness (QED) is 0.662. The summed E-state index contributed by atoms with van der Waals surface area (Å²) in [5.41, 5.74) is 4.00. The molecule has 0 amide bonds. The predicted octanol–water partition coefficient (Wildman–Crippen LogP) is 5.01. The standard InChI is InChI=1S/C16H20Br2N2S/c1-3-19-8-12-4-5-14(15(17)6-12)10-20(2)9-13-7-16(18)21-11-13/h4-7,11,19H,3,8-10H2,1-2H3. The van der Waals surface area contributed by atoms with Crippen LogP contribution in [0.5, 0.6) is 0 Å². The summed E-state index contributed by atoms with van der Waals surface area (Å²) in [5.74, 6) is 0. The fraction of sp³-hybridized carbons (Fsp3) is 0.375. The number of halogens is 2. The minimum absolute atomic E-state index is 0.925. The van der Waals surface area contributed by atoms with Crippen LogP contribution in [0, 0.1) is 0 Å². The van der Waals surface area contributed by atoms with Crippen molar-refractivity contribution < 1.29 is 0 Å². The molecule has 21 heavy (non-hydrogen) atoms. The van der Waals surface area contributed by atoms with Crippen LogP contribution in [-0.4, -0.2) is 18.5 Å². The fourth-order valence-corrected chi connectivity index (χ4v) is 3.94. The first-order valence-corrected chi connectivity index (χ1v) is 9.44. The molecule has 0 atom stereocenters. The predicted molar refractivity (Wildman–Crippen MR) is 98.7 cm³/mol. The first-order valence-electron chi connectivity index (χ1n) is 6.98. The smallest absolute Gasteiger partial charge is 0.0701 e. The molecule has 2 nitrogen and oxygen atoms in total. The highest BCUT2D eigenvalue weighted by Crippen LogP contribution is 2.23. The Kier molecular flexibility index (Phi) is 6.89. The molecule has 0 unspecified atom stereocenters. The summed E-state index contributed by atoms with van der Waals surface area (Å²) in [6, 6.07) is 8.83. The average molecular weight is 432 g/mol. The third-order valence-electron chi connectivity index (χ3n) is 3.21. The number of rotatable bonds is 7. The molecule has 0 aliphatic heterocycles. The van der Waals surface area contributed by atoms with Gasteiger partial charge in [-0.05, 0) is 63.7 Å². The van der Waals surface area contributed by atoms with Crippen molar-refractivity contribution in [3.63, 3.8) is 0 Å². The second-order valence-electron chi connectivity index (χ2n) is 5.14. The summed E-state index contributed by atoms with van der Waals surface area (Å²) < 4.78 is 2.39. The van der Waals surface area contributed by atoms with Crippen LogP contribution in [0.4, 0.5) is 0 Å². The molecule has 0 aliphatic carbocycles. The molecular formula is C16H20Br2N2S. The molecule has 0 bridgehead atoms. The average Bonchev–Trinajstić information content (AvgIpc) is 2.84. The highest BCUT2D eigenvalue weighted by molar-refractivity contribution is 9.11. The van der Waals surface area contributed by atoms with E-state index < -0.39 is 0 Å². The van der Waals surface area contributed by atoms with Crippen molar-refractivity contribution in [3.05, 3.63) is 54.6 Å². The van der Waals surface area contributed by atoms with Gasteiger partial charge in [-0.15, -0.1) is 11.3 Å². The number of nitrogens with one attached hydrogen (secondary N) is 1. The van der Waals surface area contributed by atoms with Gasteiger partial charge in [-0.25, -0.2) is 0 Å². The zero-order chi connectivity index (χ0) is 15.2. The molecule has 0 radical (unpaired) electrons. The Morgan fingerprint density at radius 3 is 2.57 bits per heavy atom. The van der Waals surface area contributed by atoms with Gasteiger partial charge in [-0.1, -0.05) is 35.0 Å². The first-order chi connectivity index (χ1) is 10.1. The zero-order valence-corrected chi connectivity index (χ0v) is 16.3. The van der Waals surface area contributed by atoms with Gasteiger partial charge < -0.3 is 5.32 Å². The molecule has 0 saturated heterocycles. The monoisotopic (exact) mass is 430 g/mol. The third kappa shape index (κ3) is 5.49. The summed E-state index contributed by atoms with van der Waals surface area (Å²) in [6.45, 7) is 5.96. The van der Waals surface area contributed by atoms with Crippen LogP contribution < -0.4 is 5.32 Å². The summed E-state index contributed by atoms with van der Waals surface area (Å²) in [5, 5.41) is 5.56. The van der Waals surface area contributed by atoms with Gasteiger partial charge in [0.1, 0.15) is 0 Å². The minimum atomic E-state index is 0.925. The number of benzene rings is 1. The Morgan fingerprint density at radius 1 is 1.14 bits per heavy atom. The number of hydrogen-bond donors (Lipinski definition) is 1. The van der Waals surface area contributed by atoms with Gasteiger partial charge in [0.15, 0.2) is 0 Å². The van der Waals surface area contributed by atoms with E-state index in [2.05, 4.69) is 85.7 Å². The van der Waals surface area contributed by atoms with E-state index in [1.54, 1.807) is 11.3 Å². The minimum Gasteiger partial charge on any atom is -0.313 e. The molecule has 0 fully saturated rings. The SMILES string of the molecule is CCNCc1ccc(CN(C)Cc2csc(Br)c2)c(Br)c1. The molecule has 1 N–H and O–H groups in total. The second kappa shape index (κ2) is 8.44. The lowest BCUT2D eigenvalue weighted by molar-refractivity contribution is 0.319. The maximum Gasteiger partial charge on any atom is 0.0701 e. The van der Waals surface area contributed by atoms with Gasteiger partial charge in [-0.3, -0.25) is 4.90 Å². The number of hydrogen-bond acceptors (Lipinski definition) is 3. The highest BCUT2D eigenvalue weighted by atomic mass is 79.9. The van der Waals surface area contributed by atoms with Gasteiger partial charge in [0.05, 0.1) is 3.79 Å². The number of nitrogens with zero attached hydrogens (tertiary/aromatic N) is 1. The third-order valence-corrected chi connectivity index (χ3v) is 5.50. The molecule has 0 aliphatic rings. The van der Waals surface area contributed by atoms with Crippen molar-refractivity contribution >= 4 is 43.2 Å². The summed E-state index contributed by atoms with van der Waals surface area (Å²) in [7, 11) is 2.16. The molecule has 5 heteroatoms. The van der Waals surface area contributed by atoms with E-state index in [4.69, 9.17) is 0 Å². The van der Waals surface area contributed by atoms with Crippen LogP contribution in [0.2, 0.25) is 0 Å². The van der Waals surface area contributed by atoms with Crippen molar-refractivity contribution in [2.75, 3.05) is 13.6 Å². The first kappa shape index (κ1) is 17.2. The maximum absolute atomic E-state index is 3.70. The Morgan fingerprint density at radius 2 is 1.95 bits per heavy atom. The van der Waals surface area contributed by atoms with Crippen LogP contribution in [0.3, 0.4) is 0 Å². The molecule has 114 valence electrons. The fourth-order valence-electron chi connectivity index (χ4n) is 2.19. The van der Waals surface area contributed by atoms with E-state index in [0.717, 1.165) is 26.2 Å². The van der Waals surface area contributed by atoms with Gasteiger partial charge >= 0.3 is 0 Å². The van der Waals surface area contributed by atoms with Crippen LogP contribution in [-0.2, 0) is 19.6 Å². The lowest BCUT2D eigenvalue weighted by atomic mass is 10.1. The molecule has 1 aromatic heterocycles. The van der Waals surface area contributed by atoms with E-state index in [1.807, 2.05) is 0 Å². The van der Waals surface area contributed by atoms with Crippen molar-refractivity contribution in [3.8, 4) is 0 Å². The van der Waals surface area contributed by atoms with E-state index in [-0.39, 0.29) is 0 Å². The van der Waals surface area contributed by atoms with Crippen molar-refractivity contribution in [2.24, 2.45) is 0 Å². The molecular weight excluding hydrogens is 412 g/mol. The largest absolute Gasteiger partial charge is 0.313 e. The van der Waals surface area contributed by atoms with Crippen molar-refractivity contribution in [1.82, 2.24) is 10.2 Å². The Bertz CT molecular complexity index is 583. The zero-order valence-electron chi connectivity index (χ0n) is 12.3. The number of thiophene rings is 1. The maximum atomic E-state index is 3.70. The van der Waals surface area contributed by atoms with Gasteiger partial charge in [-0.2, -0.15) is 0 Å². The second-order valence-corrected chi connectivity index (χ2v) is 8.28. The summed E-state index contributed by atoms with van der Waals surface area (Å²) >= 11 is 8.95.